The third kappa shape index (κ3) is 3.13. The van der Waals surface area contributed by atoms with E-state index in [1.807, 2.05) is 0 Å². The third-order valence-electron chi connectivity index (χ3n) is 2.61. The number of amides is 1. The number of carboxylic acid groups (broad SMARTS) is 1. The number of hydrogen-bond donors (Lipinski definition) is 2. The van der Waals surface area contributed by atoms with E-state index in [1.165, 1.54) is 18.3 Å². The van der Waals surface area contributed by atoms with Gasteiger partial charge in [-0.3, -0.25) is 9.78 Å². The predicted octanol–water partition coefficient (Wildman–Crippen LogP) is 2.99. The molecule has 2 aromatic rings. The van der Waals surface area contributed by atoms with Crippen molar-refractivity contribution in [2.45, 2.75) is 6.92 Å². The van der Waals surface area contributed by atoms with Gasteiger partial charge in [-0.05, 0) is 37.3 Å². The lowest BCUT2D eigenvalue weighted by molar-refractivity contribution is 0.0696. The summed E-state index contributed by atoms with van der Waals surface area (Å²) >= 11 is 5.76. The lowest BCUT2D eigenvalue weighted by atomic mass is 10.2. The molecule has 20 heavy (non-hydrogen) atoms. The number of hydrogen-bond acceptors (Lipinski definition) is 3. The van der Waals surface area contributed by atoms with Crippen LogP contribution in [-0.4, -0.2) is 22.0 Å². The summed E-state index contributed by atoms with van der Waals surface area (Å²) in [7, 11) is 0. The van der Waals surface area contributed by atoms with Crippen molar-refractivity contribution in [1.29, 1.82) is 0 Å². The monoisotopic (exact) mass is 290 g/mol. The predicted molar refractivity (Wildman–Crippen MR) is 75.3 cm³/mol. The number of aryl methyl sites for hydroxylation is 1. The van der Waals surface area contributed by atoms with Crippen molar-refractivity contribution in [2.24, 2.45) is 0 Å². The molecule has 1 aromatic carbocycles. The van der Waals surface area contributed by atoms with E-state index < -0.39 is 5.97 Å². The van der Waals surface area contributed by atoms with Gasteiger partial charge >= 0.3 is 5.97 Å². The minimum absolute atomic E-state index is 0.0598. The molecule has 1 amide bonds. The number of halogens is 1. The molecule has 0 atom stereocenters. The number of carbonyl (C=O) groups is 2. The Kier molecular flexibility index (Phi) is 4.00. The van der Waals surface area contributed by atoms with Crippen molar-refractivity contribution in [1.82, 2.24) is 4.98 Å². The first kappa shape index (κ1) is 14.0. The van der Waals surface area contributed by atoms with E-state index in [-0.39, 0.29) is 16.5 Å². The van der Waals surface area contributed by atoms with Gasteiger partial charge in [-0.1, -0.05) is 11.6 Å². The quantitative estimate of drug-likeness (QED) is 0.911. The highest BCUT2D eigenvalue weighted by atomic mass is 35.5. The number of rotatable bonds is 3. The van der Waals surface area contributed by atoms with Crippen LogP contribution in [0.25, 0.3) is 0 Å². The van der Waals surface area contributed by atoms with Crippen molar-refractivity contribution in [3.63, 3.8) is 0 Å². The summed E-state index contributed by atoms with van der Waals surface area (Å²) in [5, 5.41) is 11.7. The molecule has 0 aliphatic carbocycles. The van der Waals surface area contributed by atoms with Crippen molar-refractivity contribution in [3.8, 4) is 0 Å². The van der Waals surface area contributed by atoms with Crippen molar-refractivity contribution in [2.75, 3.05) is 5.32 Å². The van der Waals surface area contributed by atoms with Crippen molar-refractivity contribution >= 4 is 29.2 Å². The van der Waals surface area contributed by atoms with Crippen LogP contribution >= 0.6 is 11.6 Å². The van der Waals surface area contributed by atoms with Gasteiger partial charge in [0.05, 0.1) is 10.6 Å². The van der Waals surface area contributed by atoms with Crippen molar-refractivity contribution in [3.05, 3.63) is 58.4 Å². The first-order valence-corrected chi connectivity index (χ1v) is 6.12. The fraction of sp³-hybridized carbons (Fsp3) is 0.0714. The molecule has 0 aliphatic heterocycles. The van der Waals surface area contributed by atoms with E-state index in [0.717, 1.165) is 5.69 Å². The van der Waals surface area contributed by atoms with E-state index in [9.17, 15) is 9.59 Å². The number of nitrogens with one attached hydrogen (secondary N) is 1. The fourth-order valence-corrected chi connectivity index (χ4v) is 1.86. The van der Waals surface area contributed by atoms with Gasteiger partial charge in [-0.25, -0.2) is 4.79 Å². The topological polar surface area (TPSA) is 79.3 Å². The molecule has 6 heteroatoms. The highest BCUT2D eigenvalue weighted by Crippen LogP contribution is 2.21. The second-order valence-corrected chi connectivity index (χ2v) is 4.55. The van der Waals surface area contributed by atoms with Gasteiger partial charge < -0.3 is 10.4 Å². The van der Waals surface area contributed by atoms with Crippen LogP contribution < -0.4 is 5.32 Å². The number of carboxylic acids is 1. The van der Waals surface area contributed by atoms with Crippen LogP contribution in [0, 0.1) is 6.92 Å². The largest absolute Gasteiger partial charge is 0.478 e. The van der Waals surface area contributed by atoms with Crippen LogP contribution in [0.3, 0.4) is 0 Å². The second-order valence-electron chi connectivity index (χ2n) is 4.14. The molecule has 1 aromatic heterocycles. The summed E-state index contributed by atoms with van der Waals surface area (Å²) < 4.78 is 0. The Morgan fingerprint density at radius 1 is 1.25 bits per heavy atom. The van der Waals surface area contributed by atoms with Gasteiger partial charge in [0.1, 0.15) is 0 Å². The van der Waals surface area contributed by atoms with Crippen LogP contribution in [0.1, 0.15) is 26.4 Å². The summed E-state index contributed by atoms with van der Waals surface area (Å²) in [5.74, 6) is -1.49. The summed E-state index contributed by atoms with van der Waals surface area (Å²) in [5.41, 5.74) is 1.48. The first-order chi connectivity index (χ1) is 9.47. The molecule has 0 fully saturated rings. The van der Waals surface area contributed by atoms with Crippen LogP contribution in [-0.2, 0) is 0 Å². The number of benzene rings is 1. The summed E-state index contributed by atoms with van der Waals surface area (Å²) in [6.45, 7) is 1.78. The molecular weight excluding hydrogens is 280 g/mol. The van der Waals surface area contributed by atoms with Gasteiger partial charge in [0.2, 0.25) is 0 Å². The Bertz CT molecular complexity index is 686. The van der Waals surface area contributed by atoms with Crippen LogP contribution in [0.4, 0.5) is 5.69 Å². The van der Waals surface area contributed by atoms with E-state index in [1.54, 1.807) is 25.1 Å². The Morgan fingerprint density at radius 3 is 2.65 bits per heavy atom. The Hall–Kier alpha value is -2.40. The summed E-state index contributed by atoms with van der Waals surface area (Å²) in [4.78, 5) is 27.0. The Morgan fingerprint density at radius 2 is 2.00 bits per heavy atom. The highest BCUT2D eigenvalue weighted by Gasteiger charge is 2.12. The molecule has 5 nitrogen and oxygen atoms in total. The number of aromatic nitrogens is 1. The second kappa shape index (κ2) is 5.71. The molecule has 0 unspecified atom stereocenters. The number of anilines is 1. The lowest BCUT2D eigenvalue weighted by Crippen LogP contribution is -2.13. The maximum Gasteiger partial charge on any atom is 0.337 e. The molecule has 0 spiro atoms. The lowest BCUT2D eigenvalue weighted by Gasteiger charge is -2.07. The van der Waals surface area contributed by atoms with Crippen molar-refractivity contribution < 1.29 is 14.7 Å². The fourth-order valence-electron chi connectivity index (χ4n) is 1.66. The first-order valence-electron chi connectivity index (χ1n) is 5.74. The highest BCUT2D eigenvalue weighted by molar-refractivity contribution is 6.33. The third-order valence-corrected chi connectivity index (χ3v) is 2.94. The Labute approximate surface area is 120 Å². The maximum absolute atomic E-state index is 12.0. The van der Waals surface area contributed by atoms with Crippen LogP contribution in [0.15, 0.2) is 36.5 Å². The number of nitrogens with zero attached hydrogens (tertiary/aromatic N) is 1. The van der Waals surface area contributed by atoms with E-state index in [2.05, 4.69) is 10.3 Å². The van der Waals surface area contributed by atoms with Gasteiger partial charge in [0.15, 0.2) is 0 Å². The minimum atomic E-state index is -1.15. The van der Waals surface area contributed by atoms with E-state index >= 15 is 0 Å². The molecule has 102 valence electrons. The molecule has 0 aliphatic rings. The summed E-state index contributed by atoms with van der Waals surface area (Å²) in [6.07, 6.45) is 1.54. The Balaban J connectivity index is 2.24. The molecular formula is C14H11ClN2O3. The van der Waals surface area contributed by atoms with Crippen LogP contribution in [0.5, 0.6) is 0 Å². The van der Waals surface area contributed by atoms with E-state index in [4.69, 9.17) is 16.7 Å². The average Bonchev–Trinajstić information content (AvgIpc) is 2.40. The number of pyridine rings is 1. The zero-order chi connectivity index (χ0) is 14.7. The molecule has 2 N–H and O–H groups in total. The standard InChI is InChI=1S/C14H11ClN2O3/c1-8-6-9(4-5-16-8)13(18)17-10-2-3-12(15)11(7-10)14(19)20/h2-7H,1H3,(H,17,18)(H,19,20). The van der Waals surface area contributed by atoms with Gasteiger partial charge in [-0.15, -0.1) is 0 Å². The average molecular weight is 291 g/mol. The zero-order valence-corrected chi connectivity index (χ0v) is 11.3. The van der Waals surface area contributed by atoms with E-state index in [0.29, 0.717) is 11.3 Å². The van der Waals surface area contributed by atoms with Gasteiger partial charge in [0, 0.05) is 23.1 Å². The zero-order valence-electron chi connectivity index (χ0n) is 10.6. The summed E-state index contributed by atoms with van der Waals surface area (Å²) in [6, 6.07) is 7.51. The molecule has 2 rings (SSSR count). The molecule has 1 heterocycles. The number of carbonyl (C=O) groups excluding carboxylic acids is 1. The SMILES string of the molecule is Cc1cc(C(=O)Nc2ccc(Cl)c(C(=O)O)c2)ccn1. The maximum atomic E-state index is 12.0. The number of aromatic carboxylic acids is 1. The van der Waals surface area contributed by atoms with Crippen LogP contribution in [0.2, 0.25) is 5.02 Å². The molecule has 0 saturated heterocycles. The molecule has 0 saturated carbocycles. The van der Waals surface area contributed by atoms with Gasteiger partial charge in [0.25, 0.3) is 5.91 Å². The molecule has 0 radical (unpaired) electrons. The smallest absolute Gasteiger partial charge is 0.337 e. The molecule has 0 bridgehead atoms. The van der Waals surface area contributed by atoms with Gasteiger partial charge in [-0.2, -0.15) is 0 Å². The minimum Gasteiger partial charge on any atom is -0.478 e. The normalized spacial score (nSPS) is 10.1.